The number of rotatable bonds is 8. The molecule has 1 atom stereocenters. The van der Waals surface area contributed by atoms with Crippen LogP contribution < -0.4 is 0 Å². The summed E-state index contributed by atoms with van der Waals surface area (Å²) in [6, 6.07) is 0. The van der Waals surface area contributed by atoms with Crippen LogP contribution in [0.25, 0.3) is 0 Å². The van der Waals surface area contributed by atoms with Gasteiger partial charge in [0.2, 0.25) is 0 Å². The molecule has 1 unspecified atom stereocenters. The van der Waals surface area contributed by atoms with E-state index in [1.54, 1.807) is 0 Å². The summed E-state index contributed by atoms with van der Waals surface area (Å²) in [4.78, 5) is 10.6. The number of aliphatic carboxylic acids is 1. The average molecular weight is 206 g/mol. The van der Waals surface area contributed by atoms with Gasteiger partial charge >= 0.3 is 5.97 Å². The summed E-state index contributed by atoms with van der Waals surface area (Å²) in [5.74, 6) is -1.00. The molecule has 0 aliphatic carbocycles. The van der Waals surface area contributed by atoms with Crippen molar-refractivity contribution in [2.24, 2.45) is 0 Å². The fourth-order valence-corrected chi connectivity index (χ4v) is 1.03. The van der Waals surface area contributed by atoms with E-state index in [2.05, 4.69) is 0 Å². The van der Waals surface area contributed by atoms with Crippen LogP contribution in [0.15, 0.2) is 0 Å². The molecule has 5 nitrogen and oxygen atoms in total. The Balaban J connectivity index is 4.03. The van der Waals surface area contributed by atoms with Crippen LogP contribution in [0.1, 0.15) is 20.3 Å². The lowest BCUT2D eigenvalue weighted by atomic mass is 10.2. The van der Waals surface area contributed by atoms with Gasteiger partial charge in [0, 0.05) is 26.7 Å². The molecule has 0 bridgehead atoms. The highest BCUT2D eigenvalue weighted by molar-refractivity contribution is 5.72. The van der Waals surface area contributed by atoms with Crippen LogP contribution in [0.4, 0.5) is 0 Å². The molecule has 0 rings (SSSR count). The first-order valence-electron chi connectivity index (χ1n) is 4.64. The molecule has 0 spiro atoms. The van der Waals surface area contributed by atoms with E-state index in [-0.39, 0.29) is 6.42 Å². The Labute approximate surface area is 84.0 Å². The summed E-state index contributed by atoms with van der Waals surface area (Å²) in [6.45, 7) is 4.63. The molecule has 0 saturated carbocycles. The molecule has 14 heavy (non-hydrogen) atoms. The predicted molar refractivity (Wildman–Crippen MR) is 50.1 cm³/mol. The van der Waals surface area contributed by atoms with Crippen LogP contribution in [0, 0.1) is 0 Å². The van der Waals surface area contributed by atoms with Crippen LogP contribution in [0.3, 0.4) is 0 Å². The van der Waals surface area contributed by atoms with Crippen LogP contribution in [0.5, 0.6) is 0 Å². The van der Waals surface area contributed by atoms with Crippen molar-refractivity contribution in [2.45, 2.75) is 32.7 Å². The Morgan fingerprint density at radius 3 is 2.07 bits per heavy atom. The topological polar surface area (TPSA) is 65.0 Å². The second-order valence-corrected chi connectivity index (χ2v) is 2.64. The minimum absolute atomic E-state index is 0.202. The maximum Gasteiger partial charge on any atom is 0.332 e. The van der Waals surface area contributed by atoms with Crippen molar-refractivity contribution in [1.29, 1.82) is 0 Å². The number of carboxylic acids is 1. The molecule has 0 fully saturated rings. The first-order valence-corrected chi connectivity index (χ1v) is 4.64. The highest BCUT2D eigenvalue weighted by Gasteiger charge is 2.22. The largest absolute Gasteiger partial charge is 0.479 e. The van der Waals surface area contributed by atoms with Gasteiger partial charge in [0.1, 0.15) is 0 Å². The van der Waals surface area contributed by atoms with Crippen LogP contribution in [0.2, 0.25) is 0 Å². The maximum absolute atomic E-state index is 10.6. The van der Waals surface area contributed by atoms with E-state index in [0.717, 1.165) is 0 Å². The summed E-state index contributed by atoms with van der Waals surface area (Å²) in [7, 11) is 1.35. The van der Waals surface area contributed by atoms with Crippen molar-refractivity contribution in [2.75, 3.05) is 20.3 Å². The lowest BCUT2D eigenvalue weighted by Gasteiger charge is -2.19. The molecule has 0 aliphatic rings. The van der Waals surface area contributed by atoms with Crippen molar-refractivity contribution in [3.05, 3.63) is 0 Å². The van der Waals surface area contributed by atoms with Crippen LogP contribution in [-0.2, 0) is 19.0 Å². The summed E-state index contributed by atoms with van der Waals surface area (Å²) in [5.41, 5.74) is 0. The first kappa shape index (κ1) is 13.4. The van der Waals surface area contributed by atoms with E-state index in [4.69, 9.17) is 19.3 Å². The first-order chi connectivity index (χ1) is 6.65. The minimum atomic E-state index is -1.00. The predicted octanol–water partition coefficient (Wildman–Crippen LogP) is 0.875. The van der Waals surface area contributed by atoms with Crippen LogP contribution in [-0.4, -0.2) is 43.8 Å². The van der Waals surface area contributed by atoms with E-state index in [1.807, 2.05) is 13.8 Å². The number of carboxylic acid groups (broad SMARTS) is 1. The zero-order chi connectivity index (χ0) is 11.0. The van der Waals surface area contributed by atoms with Gasteiger partial charge in [-0.2, -0.15) is 0 Å². The second kappa shape index (κ2) is 7.73. The average Bonchev–Trinajstić information content (AvgIpc) is 2.14. The molecule has 0 saturated heterocycles. The molecule has 0 amide bonds. The fourth-order valence-electron chi connectivity index (χ4n) is 1.03. The third kappa shape index (κ3) is 5.16. The molecule has 0 aliphatic heterocycles. The monoisotopic (exact) mass is 206 g/mol. The standard InChI is InChI=1S/C9H18O5/c1-4-13-8(14-5-2)6-7(12-3)9(10)11/h7-8H,4-6H2,1-3H3,(H,10,11). The minimum Gasteiger partial charge on any atom is -0.479 e. The molecular weight excluding hydrogens is 188 g/mol. The Bertz CT molecular complexity index is 153. The summed E-state index contributed by atoms with van der Waals surface area (Å²) in [6.07, 6.45) is -1.18. The van der Waals surface area contributed by atoms with Gasteiger partial charge in [-0.1, -0.05) is 0 Å². The SMILES string of the molecule is CCOC(CC(OC)C(=O)O)OCC. The molecule has 0 aromatic rings. The van der Waals surface area contributed by atoms with Crippen molar-refractivity contribution in [3.8, 4) is 0 Å². The third-order valence-corrected chi connectivity index (χ3v) is 1.67. The quantitative estimate of drug-likeness (QED) is 0.597. The molecule has 0 heterocycles. The smallest absolute Gasteiger partial charge is 0.332 e. The number of hydrogen-bond donors (Lipinski definition) is 1. The molecule has 0 radical (unpaired) electrons. The fraction of sp³-hybridized carbons (Fsp3) is 0.889. The van der Waals surface area contributed by atoms with E-state index >= 15 is 0 Å². The van der Waals surface area contributed by atoms with Gasteiger partial charge < -0.3 is 19.3 Å². The molecular formula is C9H18O5. The number of ether oxygens (including phenoxy) is 3. The molecule has 84 valence electrons. The number of carbonyl (C=O) groups is 1. The van der Waals surface area contributed by atoms with Crippen molar-refractivity contribution in [1.82, 2.24) is 0 Å². The van der Waals surface area contributed by atoms with Gasteiger partial charge in [-0.25, -0.2) is 4.79 Å². The molecule has 1 N–H and O–H groups in total. The number of methoxy groups -OCH3 is 1. The second-order valence-electron chi connectivity index (χ2n) is 2.64. The number of hydrogen-bond acceptors (Lipinski definition) is 4. The lowest BCUT2D eigenvalue weighted by Crippen LogP contribution is -2.30. The van der Waals surface area contributed by atoms with Gasteiger partial charge in [-0.05, 0) is 13.8 Å². The summed E-state index contributed by atoms with van der Waals surface area (Å²) in [5, 5.41) is 8.72. The zero-order valence-corrected chi connectivity index (χ0v) is 8.86. The summed E-state index contributed by atoms with van der Waals surface area (Å²) >= 11 is 0. The Kier molecular flexibility index (Phi) is 7.37. The van der Waals surface area contributed by atoms with Gasteiger partial charge in [0.05, 0.1) is 0 Å². The Morgan fingerprint density at radius 2 is 1.79 bits per heavy atom. The molecule has 0 aromatic heterocycles. The molecule has 5 heteroatoms. The molecule has 0 aromatic carbocycles. The maximum atomic E-state index is 10.6. The third-order valence-electron chi connectivity index (χ3n) is 1.67. The van der Waals surface area contributed by atoms with Crippen LogP contribution >= 0.6 is 0 Å². The zero-order valence-electron chi connectivity index (χ0n) is 8.86. The van der Waals surface area contributed by atoms with E-state index in [9.17, 15) is 4.79 Å². The van der Waals surface area contributed by atoms with Gasteiger partial charge in [0.15, 0.2) is 12.4 Å². The van der Waals surface area contributed by atoms with E-state index in [1.165, 1.54) is 7.11 Å². The van der Waals surface area contributed by atoms with Gasteiger partial charge in [0.25, 0.3) is 0 Å². The summed E-state index contributed by atoms with van der Waals surface area (Å²) < 4.78 is 15.2. The van der Waals surface area contributed by atoms with Gasteiger partial charge in [-0.15, -0.1) is 0 Å². The van der Waals surface area contributed by atoms with E-state index in [0.29, 0.717) is 13.2 Å². The Hall–Kier alpha value is -0.650. The van der Waals surface area contributed by atoms with Gasteiger partial charge in [-0.3, -0.25) is 0 Å². The van der Waals surface area contributed by atoms with Crippen molar-refractivity contribution in [3.63, 3.8) is 0 Å². The van der Waals surface area contributed by atoms with Crippen molar-refractivity contribution >= 4 is 5.97 Å². The van der Waals surface area contributed by atoms with Crippen molar-refractivity contribution < 1.29 is 24.1 Å². The highest BCUT2D eigenvalue weighted by atomic mass is 16.7. The Morgan fingerprint density at radius 1 is 1.29 bits per heavy atom. The lowest BCUT2D eigenvalue weighted by molar-refractivity contribution is -0.171. The normalized spacial score (nSPS) is 13.1. The highest BCUT2D eigenvalue weighted by Crippen LogP contribution is 2.07. The van der Waals surface area contributed by atoms with E-state index < -0.39 is 18.4 Å².